The predicted molar refractivity (Wildman–Crippen MR) is 78.0 cm³/mol. The van der Waals surface area contributed by atoms with Crippen molar-refractivity contribution in [2.24, 2.45) is 5.84 Å². The highest BCUT2D eigenvalue weighted by molar-refractivity contribution is 5.58. The van der Waals surface area contributed by atoms with Gasteiger partial charge in [0.05, 0.1) is 0 Å². The Labute approximate surface area is 115 Å². The van der Waals surface area contributed by atoms with Crippen LogP contribution in [0, 0.1) is 0 Å². The van der Waals surface area contributed by atoms with Crippen LogP contribution in [0.15, 0.2) is 6.33 Å². The molecule has 0 fully saturated rings. The second-order valence-electron chi connectivity index (χ2n) is 4.78. The Bertz CT molecular complexity index is 383. The van der Waals surface area contributed by atoms with Crippen LogP contribution in [0.5, 0.6) is 0 Å². The summed E-state index contributed by atoms with van der Waals surface area (Å²) in [6.45, 7) is 7.30. The van der Waals surface area contributed by atoms with Gasteiger partial charge in [0.25, 0.3) is 0 Å². The lowest BCUT2D eigenvalue weighted by atomic mass is 10.1. The smallest absolute Gasteiger partial charge is 0.148 e. The number of hydrogen-bond donors (Lipinski definition) is 3. The van der Waals surface area contributed by atoms with E-state index in [-0.39, 0.29) is 6.61 Å². The molecule has 0 amide bonds. The molecule has 108 valence electrons. The van der Waals surface area contributed by atoms with Crippen molar-refractivity contribution in [2.75, 3.05) is 23.5 Å². The second kappa shape index (κ2) is 7.91. The van der Waals surface area contributed by atoms with Crippen molar-refractivity contribution >= 4 is 11.6 Å². The maximum Gasteiger partial charge on any atom is 0.148 e. The van der Waals surface area contributed by atoms with Crippen molar-refractivity contribution in [3.8, 4) is 0 Å². The first-order valence-electron chi connectivity index (χ1n) is 6.83. The van der Waals surface area contributed by atoms with E-state index in [1.165, 1.54) is 6.33 Å². The maximum absolute atomic E-state index is 9.03. The van der Waals surface area contributed by atoms with Crippen LogP contribution in [0.4, 0.5) is 11.6 Å². The van der Waals surface area contributed by atoms with Crippen LogP contribution in [0.1, 0.15) is 39.2 Å². The van der Waals surface area contributed by atoms with Gasteiger partial charge < -0.3 is 15.4 Å². The van der Waals surface area contributed by atoms with Crippen LogP contribution in [0.25, 0.3) is 0 Å². The molecule has 0 aliphatic heterocycles. The Morgan fingerprint density at radius 3 is 2.68 bits per heavy atom. The van der Waals surface area contributed by atoms with Crippen molar-refractivity contribution in [3.05, 3.63) is 11.9 Å². The van der Waals surface area contributed by atoms with E-state index in [9.17, 15) is 0 Å². The van der Waals surface area contributed by atoms with Crippen molar-refractivity contribution in [1.29, 1.82) is 0 Å². The number of aliphatic hydroxyl groups excluding tert-OH is 1. The standard InChI is InChI=1S/C13H25N5O/c1-4-6-11-12(17-14)15-9-16-13(11)18(10(2)3)7-5-8-19/h9-10,19H,4-8,14H2,1-3H3,(H,15,16,17). The second-order valence-corrected chi connectivity index (χ2v) is 4.78. The highest BCUT2D eigenvalue weighted by Crippen LogP contribution is 2.26. The molecule has 0 atom stereocenters. The first kappa shape index (κ1) is 15.7. The summed E-state index contributed by atoms with van der Waals surface area (Å²) >= 11 is 0. The molecule has 19 heavy (non-hydrogen) atoms. The molecule has 0 saturated carbocycles. The van der Waals surface area contributed by atoms with E-state index in [0.717, 1.165) is 37.2 Å². The number of aromatic nitrogens is 2. The third-order valence-corrected chi connectivity index (χ3v) is 3.01. The molecular formula is C13H25N5O. The fraction of sp³-hybridized carbons (Fsp3) is 0.692. The SMILES string of the molecule is CCCc1c(NN)ncnc1N(CCCO)C(C)C. The highest BCUT2D eigenvalue weighted by Gasteiger charge is 2.18. The summed E-state index contributed by atoms with van der Waals surface area (Å²) in [7, 11) is 0. The van der Waals surface area contributed by atoms with Crippen molar-refractivity contribution in [3.63, 3.8) is 0 Å². The molecule has 0 unspecified atom stereocenters. The van der Waals surface area contributed by atoms with Crippen LogP contribution in [-0.2, 0) is 6.42 Å². The molecular weight excluding hydrogens is 242 g/mol. The van der Waals surface area contributed by atoms with Crippen LogP contribution in [0.3, 0.4) is 0 Å². The largest absolute Gasteiger partial charge is 0.396 e. The molecule has 1 rings (SSSR count). The number of nitrogens with zero attached hydrogens (tertiary/aromatic N) is 3. The minimum atomic E-state index is 0.180. The molecule has 1 heterocycles. The summed E-state index contributed by atoms with van der Waals surface area (Å²) in [5.41, 5.74) is 3.68. The van der Waals surface area contributed by atoms with Crippen LogP contribution < -0.4 is 16.2 Å². The fourth-order valence-corrected chi connectivity index (χ4v) is 2.10. The Kier molecular flexibility index (Phi) is 6.52. The van der Waals surface area contributed by atoms with E-state index in [4.69, 9.17) is 10.9 Å². The zero-order chi connectivity index (χ0) is 14.3. The third kappa shape index (κ3) is 4.04. The quantitative estimate of drug-likeness (QED) is 0.486. The number of hydrogen-bond acceptors (Lipinski definition) is 6. The normalized spacial score (nSPS) is 10.8. The summed E-state index contributed by atoms with van der Waals surface area (Å²) in [6.07, 6.45) is 4.12. The number of nitrogen functional groups attached to an aromatic ring is 1. The van der Waals surface area contributed by atoms with Gasteiger partial charge in [0, 0.05) is 24.8 Å². The fourth-order valence-electron chi connectivity index (χ4n) is 2.10. The van der Waals surface area contributed by atoms with E-state index < -0.39 is 0 Å². The molecule has 1 aromatic heterocycles. The first-order valence-corrected chi connectivity index (χ1v) is 6.83. The van der Waals surface area contributed by atoms with Gasteiger partial charge in [-0.1, -0.05) is 13.3 Å². The number of rotatable bonds is 8. The molecule has 0 bridgehead atoms. The first-order chi connectivity index (χ1) is 9.15. The molecule has 1 aromatic rings. The summed E-state index contributed by atoms with van der Waals surface area (Å²) in [5, 5.41) is 9.03. The Balaban J connectivity index is 3.12. The Hall–Kier alpha value is -1.40. The Morgan fingerprint density at radius 1 is 1.42 bits per heavy atom. The van der Waals surface area contributed by atoms with E-state index in [1.807, 2.05) is 0 Å². The molecule has 0 radical (unpaired) electrons. The van der Waals surface area contributed by atoms with E-state index in [1.54, 1.807) is 0 Å². The average Bonchev–Trinajstić information content (AvgIpc) is 2.40. The minimum Gasteiger partial charge on any atom is -0.396 e. The predicted octanol–water partition coefficient (Wildman–Crippen LogP) is 1.31. The van der Waals surface area contributed by atoms with Crippen LogP contribution >= 0.6 is 0 Å². The molecule has 0 aromatic carbocycles. The highest BCUT2D eigenvalue weighted by atomic mass is 16.3. The van der Waals surface area contributed by atoms with Crippen LogP contribution in [-0.4, -0.2) is 34.3 Å². The lowest BCUT2D eigenvalue weighted by Gasteiger charge is -2.30. The summed E-state index contributed by atoms with van der Waals surface area (Å²) < 4.78 is 0. The number of anilines is 2. The zero-order valence-electron chi connectivity index (χ0n) is 12.1. The van der Waals surface area contributed by atoms with Gasteiger partial charge in [-0.3, -0.25) is 0 Å². The number of aliphatic hydroxyl groups is 1. The van der Waals surface area contributed by atoms with E-state index in [0.29, 0.717) is 11.9 Å². The average molecular weight is 267 g/mol. The molecule has 0 aliphatic rings. The topological polar surface area (TPSA) is 87.3 Å². The van der Waals surface area contributed by atoms with Gasteiger partial charge in [0.15, 0.2) is 0 Å². The minimum absolute atomic E-state index is 0.180. The zero-order valence-corrected chi connectivity index (χ0v) is 12.1. The van der Waals surface area contributed by atoms with Gasteiger partial charge >= 0.3 is 0 Å². The van der Waals surface area contributed by atoms with Crippen molar-refractivity contribution in [1.82, 2.24) is 9.97 Å². The van der Waals surface area contributed by atoms with Gasteiger partial charge in [-0.2, -0.15) is 0 Å². The van der Waals surface area contributed by atoms with Gasteiger partial charge in [-0.05, 0) is 26.7 Å². The maximum atomic E-state index is 9.03. The van der Waals surface area contributed by atoms with Crippen molar-refractivity contribution < 1.29 is 5.11 Å². The Morgan fingerprint density at radius 2 is 2.16 bits per heavy atom. The van der Waals surface area contributed by atoms with E-state index in [2.05, 4.69) is 41.1 Å². The number of nitrogens with two attached hydrogens (primary N) is 1. The lowest BCUT2D eigenvalue weighted by molar-refractivity contribution is 0.288. The summed E-state index contributed by atoms with van der Waals surface area (Å²) in [6, 6.07) is 0.308. The number of nitrogens with one attached hydrogen (secondary N) is 1. The van der Waals surface area contributed by atoms with Crippen LogP contribution in [0.2, 0.25) is 0 Å². The molecule has 6 heteroatoms. The van der Waals surface area contributed by atoms with E-state index >= 15 is 0 Å². The van der Waals surface area contributed by atoms with Crippen molar-refractivity contribution in [2.45, 2.75) is 46.1 Å². The molecule has 0 saturated heterocycles. The van der Waals surface area contributed by atoms with Gasteiger partial charge in [-0.15, -0.1) is 0 Å². The lowest BCUT2D eigenvalue weighted by Crippen LogP contribution is -2.34. The molecule has 4 N–H and O–H groups in total. The third-order valence-electron chi connectivity index (χ3n) is 3.01. The molecule has 0 spiro atoms. The van der Waals surface area contributed by atoms with Gasteiger partial charge in [0.2, 0.25) is 0 Å². The van der Waals surface area contributed by atoms with Gasteiger partial charge in [-0.25, -0.2) is 15.8 Å². The summed E-state index contributed by atoms with van der Waals surface area (Å²) in [5.74, 6) is 7.12. The summed E-state index contributed by atoms with van der Waals surface area (Å²) in [4.78, 5) is 10.8. The monoisotopic (exact) mass is 267 g/mol. The number of hydrazine groups is 1. The van der Waals surface area contributed by atoms with Gasteiger partial charge in [0.1, 0.15) is 18.0 Å². The molecule has 0 aliphatic carbocycles. The molecule has 6 nitrogen and oxygen atoms in total.